The molecule has 0 amide bonds. The number of unbranched alkanes of at least 4 members (excludes halogenated alkanes) is 2. The maximum absolute atomic E-state index is 4.27. The second kappa shape index (κ2) is 8.29. The van der Waals surface area contributed by atoms with Crippen molar-refractivity contribution >= 4 is 12.6 Å². The third-order valence-corrected chi connectivity index (χ3v) is 4.35. The first-order chi connectivity index (χ1) is 10.2. The smallest absolute Gasteiger partial charge is 0.00979 e. The fraction of sp³-hybridized carbons (Fsp3) is 0.400. The number of hydrogen-bond acceptors (Lipinski definition) is 1. The van der Waals surface area contributed by atoms with Gasteiger partial charge in [-0.1, -0.05) is 61.4 Å². The molecule has 2 aromatic rings. The Morgan fingerprint density at radius 1 is 0.905 bits per heavy atom. The summed E-state index contributed by atoms with van der Waals surface area (Å²) in [7, 11) is 0. The molecule has 21 heavy (non-hydrogen) atoms. The summed E-state index contributed by atoms with van der Waals surface area (Å²) >= 11 is 4.27. The molecule has 0 unspecified atom stereocenters. The van der Waals surface area contributed by atoms with Gasteiger partial charge in [0.2, 0.25) is 0 Å². The van der Waals surface area contributed by atoms with Crippen LogP contribution in [-0.4, -0.2) is 5.75 Å². The summed E-state index contributed by atoms with van der Waals surface area (Å²) in [6, 6.07) is 15.9. The van der Waals surface area contributed by atoms with Crippen LogP contribution >= 0.6 is 12.6 Å². The molecule has 0 aliphatic heterocycles. The van der Waals surface area contributed by atoms with Crippen molar-refractivity contribution in [3.05, 3.63) is 59.2 Å². The van der Waals surface area contributed by atoms with Gasteiger partial charge in [0.15, 0.2) is 0 Å². The molecule has 0 saturated heterocycles. The number of hydrogen-bond donors (Lipinski definition) is 1. The van der Waals surface area contributed by atoms with E-state index in [1.54, 1.807) is 0 Å². The van der Waals surface area contributed by atoms with Crippen LogP contribution in [0.2, 0.25) is 0 Å². The Morgan fingerprint density at radius 3 is 2.33 bits per heavy atom. The zero-order valence-corrected chi connectivity index (χ0v) is 14.1. The van der Waals surface area contributed by atoms with E-state index in [-0.39, 0.29) is 0 Å². The molecule has 0 spiro atoms. The minimum absolute atomic E-state index is 1.01. The fourth-order valence-corrected chi connectivity index (χ4v) is 2.95. The predicted molar refractivity (Wildman–Crippen MR) is 97.4 cm³/mol. The van der Waals surface area contributed by atoms with Crippen LogP contribution in [0, 0.1) is 6.92 Å². The summed E-state index contributed by atoms with van der Waals surface area (Å²) in [6.07, 6.45) is 6.06. The zero-order chi connectivity index (χ0) is 15.1. The first-order valence-electron chi connectivity index (χ1n) is 8.04. The van der Waals surface area contributed by atoms with Crippen molar-refractivity contribution in [2.45, 2.75) is 46.0 Å². The lowest BCUT2D eigenvalue weighted by atomic mass is 9.94. The van der Waals surface area contributed by atoms with Crippen LogP contribution in [0.15, 0.2) is 42.5 Å². The maximum Gasteiger partial charge on any atom is -0.00979 e. The van der Waals surface area contributed by atoms with Gasteiger partial charge in [0.05, 0.1) is 0 Å². The molecule has 0 heterocycles. The topological polar surface area (TPSA) is 0 Å². The third kappa shape index (κ3) is 4.64. The van der Waals surface area contributed by atoms with E-state index in [1.807, 2.05) is 0 Å². The average Bonchev–Trinajstić information content (AvgIpc) is 2.52. The van der Waals surface area contributed by atoms with Crippen molar-refractivity contribution in [2.24, 2.45) is 0 Å². The molecular weight excluding hydrogens is 272 g/mol. The van der Waals surface area contributed by atoms with Gasteiger partial charge in [-0.25, -0.2) is 0 Å². The third-order valence-electron chi connectivity index (χ3n) is 4.04. The van der Waals surface area contributed by atoms with E-state index < -0.39 is 0 Å². The number of aryl methyl sites for hydroxylation is 3. The van der Waals surface area contributed by atoms with Crippen molar-refractivity contribution < 1.29 is 0 Å². The highest BCUT2D eigenvalue weighted by Gasteiger charge is 2.05. The van der Waals surface area contributed by atoms with Crippen molar-refractivity contribution in [2.75, 3.05) is 5.75 Å². The summed E-state index contributed by atoms with van der Waals surface area (Å²) < 4.78 is 0. The second-order valence-electron chi connectivity index (χ2n) is 5.75. The molecule has 0 nitrogen and oxygen atoms in total. The minimum Gasteiger partial charge on any atom is -0.179 e. The highest BCUT2D eigenvalue weighted by molar-refractivity contribution is 7.80. The predicted octanol–water partition coefficient (Wildman–Crippen LogP) is 5.87. The molecule has 0 aromatic heterocycles. The molecule has 1 heteroatoms. The number of thiol groups is 1. The van der Waals surface area contributed by atoms with Gasteiger partial charge < -0.3 is 0 Å². The molecule has 0 bridgehead atoms. The zero-order valence-electron chi connectivity index (χ0n) is 13.2. The molecule has 0 radical (unpaired) electrons. The van der Waals surface area contributed by atoms with Crippen LogP contribution in [0.5, 0.6) is 0 Å². The molecule has 2 rings (SSSR count). The van der Waals surface area contributed by atoms with Crippen molar-refractivity contribution in [3.8, 4) is 11.1 Å². The van der Waals surface area contributed by atoms with Crippen LogP contribution in [0.3, 0.4) is 0 Å². The number of rotatable bonds is 7. The molecule has 0 N–H and O–H groups in total. The Hall–Kier alpha value is -1.21. The summed E-state index contributed by atoms with van der Waals surface area (Å²) in [5.74, 6) is 1.01. The van der Waals surface area contributed by atoms with Gasteiger partial charge >= 0.3 is 0 Å². The summed E-state index contributed by atoms with van der Waals surface area (Å²) in [5, 5.41) is 0. The molecule has 2 aromatic carbocycles. The lowest BCUT2D eigenvalue weighted by Crippen LogP contribution is -1.93. The first-order valence-corrected chi connectivity index (χ1v) is 8.67. The van der Waals surface area contributed by atoms with Gasteiger partial charge in [0.1, 0.15) is 0 Å². The Kier molecular flexibility index (Phi) is 6.38. The highest BCUT2D eigenvalue weighted by Crippen LogP contribution is 2.26. The molecular formula is C20H26S. The van der Waals surface area contributed by atoms with Crippen LogP contribution in [0.1, 0.15) is 42.9 Å². The minimum atomic E-state index is 1.01. The van der Waals surface area contributed by atoms with E-state index in [2.05, 4.69) is 68.9 Å². The van der Waals surface area contributed by atoms with Gasteiger partial charge in [-0.2, -0.15) is 12.6 Å². The molecule has 0 saturated carbocycles. The van der Waals surface area contributed by atoms with Crippen LogP contribution in [0.25, 0.3) is 11.1 Å². The summed E-state index contributed by atoms with van der Waals surface area (Å²) in [5.41, 5.74) is 6.97. The SMILES string of the molecule is CCc1cc(CCCCCS)ccc1-c1ccc(C)cc1. The van der Waals surface area contributed by atoms with Gasteiger partial charge in [-0.05, 0) is 60.6 Å². The quantitative estimate of drug-likeness (QED) is 0.480. The van der Waals surface area contributed by atoms with E-state index in [4.69, 9.17) is 0 Å². The molecule has 0 aliphatic carbocycles. The maximum atomic E-state index is 4.27. The van der Waals surface area contributed by atoms with Gasteiger partial charge in [-0.15, -0.1) is 0 Å². The molecule has 0 fully saturated rings. The average molecular weight is 298 g/mol. The van der Waals surface area contributed by atoms with Crippen molar-refractivity contribution in [1.82, 2.24) is 0 Å². The van der Waals surface area contributed by atoms with Crippen LogP contribution < -0.4 is 0 Å². The Labute approximate surface area is 135 Å². The van der Waals surface area contributed by atoms with Crippen molar-refractivity contribution in [1.29, 1.82) is 0 Å². The largest absolute Gasteiger partial charge is 0.179 e. The highest BCUT2D eigenvalue weighted by atomic mass is 32.1. The summed E-state index contributed by atoms with van der Waals surface area (Å²) in [6.45, 7) is 4.39. The first kappa shape index (κ1) is 16.2. The van der Waals surface area contributed by atoms with E-state index >= 15 is 0 Å². The fourth-order valence-electron chi connectivity index (χ4n) is 2.73. The Balaban J connectivity index is 2.14. The standard InChI is InChI=1S/C20H26S/c1-3-18-15-17(7-5-4-6-14-21)10-13-20(18)19-11-8-16(2)9-12-19/h8-13,15,21H,3-7,14H2,1-2H3. The van der Waals surface area contributed by atoms with Crippen molar-refractivity contribution in [3.63, 3.8) is 0 Å². The van der Waals surface area contributed by atoms with Gasteiger partial charge in [0, 0.05) is 0 Å². The van der Waals surface area contributed by atoms with Crippen LogP contribution in [0.4, 0.5) is 0 Å². The van der Waals surface area contributed by atoms with Crippen LogP contribution in [-0.2, 0) is 12.8 Å². The van der Waals surface area contributed by atoms with E-state index in [1.165, 1.54) is 53.5 Å². The Bertz CT molecular complexity index is 555. The van der Waals surface area contributed by atoms with Gasteiger partial charge in [-0.3, -0.25) is 0 Å². The normalized spacial score (nSPS) is 10.8. The van der Waals surface area contributed by atoms with E-state index in [0.717, 1.165) is 12.2 Å². The molecule has 0 atom stereocenters. The lowest BCUT2D eigenvalue weighted by Gasteiger charge is -2.11. The monoisotopic (exact) mass is 298 g/mol. The Morgan fingerprint density at radius 2 is 1.67 bits per heavy atom. The van der Waals surface area contributed by atoms with E-state index in [0.29, 0.717) is 0 Å². The van der Waals surface area contributed by atoms with Gasteiger partial charge in [0.25, 0.3) is 0 Å². The summed E-state index contributed by atoms with van der Waals surface area (Å²) in [4.78, 5) is 0. The van der Waals surface area contributed by atoms with E-state index in [9.17, 15) is 0 Å². The molecule has 0 aliphatic rings. The lowest BCUT2D eigenvalue weighted by molar-refractivity contribution is 0.723. The number of benzene rings is 2. The molecule has 112 valence electrons. The second-order valence-corrected chi connectivity index (χ2v) is 6.19.